The van der Waals surface area contributed by atoms with Crippen molar-refractivity contribution in [1.29, 1.82) is 0 Å². The minimum atomic E-state index is 1.20. The molecule has 12 rings (SSSR count). The second kappa shape index (κ2) is 14.2. The van der Waals surface area contributed by atoms with Crippen molar-refractivity contribution in [2.45, 2.75) is 23.6 Å². The van der Waals surface area contributed by atoms with Crippen LogP contribution in [-0.2, 0) is 28.2 Å². The topological polar surface area (TPSA) is 19.7 Å². The van der Waals surface area contributed by atoms with E-state index in [9.17, 15) is 0 Å². The quantitative estimate of drug-likeness (QED) is 0.153. The molecule has 4 aromatic heterocycles. The third-order valence-corrected chi connectivity index (χ3v) is 14.6. The molecular weight excluding hydrogens is 785 g/mol. The standard InChI is InChI=1S/C58H46N4S/c1-35-7-11-37(12-8-35)15-17-39-19-23-43-47-31-57-49(33-55(47)59(3)51(43)27-39)45-25-21-41(29-53(45)61(57)5)63-42-22-26-46-50-34-56-48(32-58(50)62(6)54(46)30-42)44-24-20-40(28-52(44)60(56)4)18-16-38-13-9-36(2)10-14-38/h7-34H,1-6H3. The normalized spacial score (nSPS) is 12.5. The summed E-state index contributed by atoms with van der Waals surface area (Å²) in [6, 6.07) is 54.5. The zero-order chi connectivity index (χ0) is 42.7. The van der Waals surface area contributed by atoms with Crippen molar-refractivity contribution in [3.8, 4) is 0 Å². The lowest BCUT2D eigenvalue weighted by Crippen LogP contribution is -1.88. The Labute approximate surface area is 370 Å². The predicted octanol–water partition coefficient (Wildman–Crippen LogP) is 15.4. The molecule has 4 nitrogen and oxygen atoms in total. The first kappa shape index (κ1) is 37.5. The van der Waals surface area contributed by atoms with E-state index >= 15 is 0 Å². The van der Waals surface area contributed by atoms with Gasteiger partial charge in [-0.25, -0.2) is 0 Å². The summed E-state index contributed by atoms with van der Waals surface area (Å²) in [5.74, 6) is 0. The minimum absolute atomic E-state index is 1.20. The van der Waals surface area contributed by atoms with E-state index in [1.54, 1.807) is 0 Å². The van der Waals surface area contributed by atoms with Gasteiger partial charge in [0, 0.05) is 125 Å². The lowest BCUT2D eigenvalue weighted by molar-refractivity contribution is 1.01. The van der Waals surface area contributed by atoms with Gasteiger partial charge < -0.3 is 18.3 Å². The summed E-state index contributed by atoms with van der Waals surface area (Å²) in [6.45, 7) is 4.25. The Bertz CT molecular complexity index is 3660. The average Bonchev–Trinajstić information content (AvgIpc) is 3.94. The van der Waals surface area contributed by atoms with Crippen molar-refractivity contribution in [1.82, 2.24) is 18.3 Å². The molecule has 0 fully saturated rings. The maximum absolute atomic E-state index is 2.39. The Morgan fingerprint density at radius 3 is 0.905 bits per heavy atom. The van der Waals surface area contributed by atoms with Gasteiger partial charge in [0.1, 0.15) is 0 Å². The summed E-state index contributed by atoms with van der Waals surface area (Å²) >= 11 is 1.84. The van der Waals surface area contributed by atoms with Gasteiger partial charge in [-0.15, -0.1) is 0 Å². The molecule has 304 valence electrons. The van der Waals surface area contributed by atoms with Crippen molar-refractivity contribution in [2.75, 3.05) is 0 Å². The maximum Gasteiger partial charge on any atom is 0.0500 e. The molecule has 0 bridgehead atoms. The smallest absolute Gasteiger partial charge is 0.0500 e. The van der Waals surface area contributed by atoms with Crippen LogP contribution in [0.15, 0.2) is 155 Å². The first-order valence-electron chi connectivity index (χ1n) is 21.7. The summed E-state index contributed by atoms with van der Waals surface area (Å²) in [6.07, 6.45) is 8.82. The molecule has 5 heteroatoms. The van der Waals surface area contributed by atoms with Gasteiger partial charge in [0.15, 0.2) is 0 Å². The highest BCUT2D eigenvalue weighted by Crippen LogP contribution is 2.41. The molecule has 0 aliphatic rings. The molecule has 0 aliphatic carbocycles. The summed E-state index contributed by atoms with van der Waals surface area (Å²) < 4.78 is 9.45. The Morgan fingerprint density at radius 2 is 0.556 bits per heavy atom. The van der Waals surface area contributed by atoms with Crippen LogP contribution in [0.4, 0.5) is 0 Å². The average molecular weight is 831 g/mol. The molecular formula is C58H46N4S. The van der Waals surface area contributed by atoms with E-state index in [0.29, 0.717) is 0 Å². The van der Waals surface area contributed by atoms with Crippen molar-refractivity contribution >= 4 is 123 Å². The Hall–Kier alpha value is -7.21. The second-order valence-electron chi connectivity index (χ2n) is 17.5. The van der Waals surface area contributed by atoms with Crippen LogP contribution in [0.5, 0.6) is 0 Å². The van der Waals surface area contributed by atoms with Crippen LogP contribution < -0.4 is 0 Å². The molecule has 0 N–H and O–H groups in total. The fourth-order valence-corrected chi connectivity index (χ4v) is 10.9. The number of aryl methyl sites for hydroxylation is 6. The zero-order valence-corrected chi connectivity index (χ0v) is 37.2. The van der Waals surface area contributed by atoms with Crippen LogP contribution in [0.1, 0.15) is 33.4 Å². The highest BCUT2D eigenvalue weighted by Gasteiger charge is 2.18. The van der Waals surface area contributed by atoms with E-state index in [4.69, 9.17) is 0 Å². The van der Waals surface area contributed by atoms with Crippen molar-refractivity contribution in [3.05, 3.63) is 179 Å². The molecule has 12 aromatic rings. The van der Waals surface area contributed by atoms with E-state index in [1.807, 2.05) is 11.8 Å². The molecule has 4 heterocycles. The highest BCUT2D eigenvalue weighted by atomic mass is 32.2. The summed E-state index contributed by atoms with van der Waals surface area (Å²) in [4.78, 5) is 2.47. The summed E-state index contributed by atoms with van der Waals surface area (Å²) in [7, 11) is 8.81. The van der Waals surface area contributed by atoms with Gasteiger partial charge >= 0.3 is 0 Å². The van der Waals surface area contributed by atoms with Crippen LogP contribution >= 0.6 is 11.8 Å². The molecule has 0 aliphatic heterocycles. The molecule has 0 atom stereocenters. The van der Waals surface area contributed by atoms with Gasteiger partial charge in [-0.2, -0.15) is 0 Å². The second-order valence-corrected chi connectivity index (χ2v) is 18.7. The molecule has 0 saturated heterocycles. The lowest BCUT2D eigenvalue weighted by atomic mass is 10.1. The molecule has 0 radical (unpaired) electrons. The van der Waals surface area contributed by atoms with Crippen LogP contribution in [0, 0.1) is 13.8 Å². The largest absolute Gasteiger partial charge is 0.344 e. The van der Waals surface area contributed by atoms with Crippen LogP contribution in [-0.4, -0.2) is 18.3 Å². The fourth-order valence-electron chi connectivity index (χ4n) is 10.00. The van der Waals surface area contributed by atoms with Gasteiger partial charge in [0.25, 0.3) is 0 Å². The number of benzene rings is 8. The van der Waals surface area contributed by atoms with Gasteiger partial charge in [-0.3, -0.25) is 0 Å². The highest BCUT2D eigenvalue weighted by molar-refractivity contribution is 7.99. The number of fused-ring (bicyclic) bond motifs is 12. The summed E-state index contributed by atoms with van der Waals surface area (Å²) in [5, 5.41) is 10.3. The number of aromatic nitrogens is 4. The van der Waals surface area contributed by atoms with E-state index < -0.39 is 0 Å². The number of rotatable bonds is 6. The Kier molecular flexibility index (Phi) is 8.44. The third-order valence-electron chi connectivity index (χ3n) is 13.6. The summed E-state index contributed by atoms with van der Waals surface area (Å²) in [5.41, 5.74) is 17.4. The first-order chi connectivity index (χ1) is 30.6. The molecule has 63 heavy (non-hydrogen) atoms. The third kappa shape index (κ3) is 6.06. The fraction of sp³-hybridized carbons (Fsp3) is 0.103. The Morgan fingerprint density at radius 1 is 0.286 bits per heavy atom. The number of nitrogens with zero attached hydrogens (tertiary/aromatic N) is 4. The predicted molar refractivity (Wildman–Crippen MR) is 273 cm³/mol. The van der Waals surface area contributed by atoms with Crippen molar-refractivity contribution in [3.63, 3.8) is 0 Å². The van der Waals surface area contributed by atoms with Gasteiger partial charge in [-0.1, -0.05) is 132 Å². The van der Waals surface area contributed by atoms with Crippen molar-refractivity contribution < 1.29 is 0 Å². The van der Waals surface area contributed by atoms with Gasteiger partial charge in [-0.05, 0) is 96.8 Å². The van der Waals surface area contributed by atoms with E-state index in [0.717, 1.165) is 0 Å². The lowest BCUT2D eigenvalue weighted by Gasteiger charge is -2.05. The molecule has 0 saturated carbocycles. The molecule has 0 unspecified atom stereocenters. The van der Waals surface area contributed by atoms with Crippen LogP contribution in [0.25, 0.3) is 112 Å². The zero-order valence-electron chi connectivity index (χ0n) is 36.4. The van der Waals surface area contributed by atoms with Gasteiger partial charge in [0.2, 0.25) is 0 Å². The Balaban J connectivity index is 0.860. The first-order valence-corrected chi connectivity index (χ1v) is 22.5. The van der Waals surface area contributed by atoms with E-state index in [-0.39, 0.29) is 0 Å². The van der Waals surface area contributed by atoms with E-state index in [1.165, 1.54) is 130 Å². The SMILES string of the molecule is Cc1ccc(C=Cc2ccc3c4cc5c(cc4n(C)c3c2)c2ccc(Sc3ccc4c6cc7c(cc6n(C)c4c3)c3ccc(C=Cc4ccc(C)cc4)cc3n7C)cc2n5C)cc1. The van der Waals surface area contributed by atoms with Gasteiger partial charge in [0.05, 0.1) is 0 Å². The molecule has 0 amide bonds. The van der Waals surface area contributed by atoms with Crippen LogP contribution in [0.2, 0.25) is 0 Å². The number of hydrogen-bond donors (Lipinski definition) is 0. The minimum Gasteiger partial charge on any atom is -0.344 e. The van der Waals surface area contributed by atoms with Crippen LogP contribution in [0.3, 0.4) is 0 Å². The molecule has 8 aromatic carbocycles. The molecule has 0 spiro atoms. The number of hydrogen-bond acceptors (Lipinski definition) is 1. The van der Waals surface area contributed by atoms with Crippen molar-refractivity contribution in [2.24, 2.45) is 28.2 Å². The maximum atomic E-state index is 2.39. The monoisotopic (exact) mass is 830 g/mol. The van der Waals surface area contributed by atoms with E-state index in [2.05, 4.69) is 230 Å².